The SMILES string of the molecule is CCC(C#N)N1CCC2C(CCCN2C)C1. The minimum Gasteiger partial charge on any atom is -0.303 e. The van der Waals surface area contributed by atoms with E-state index in [1.54, 1.807) is 0 Å². The van der Waals surface area contributed by atoms with Gasteiger partial charge in [0.15, 0.2) is 0 Å². The third-order valence-electron chi connectivity index (χ3n) is 4.35. The van der Waals surface area contributed by atoms with Crippen molar-refractivity contribution in [1.82, 2.24) is 9.80 Å². The van der Waals surface area contributed by atoms with Crippen molar-refractivity contribution in [2.75, 3.05) is 26.7 Å². The predicted octanol–water partition coefficient (Wildman–Crippen LogP) is 1.70. The Morgan fingerprint density at radius 1 is 1.38 bits per heavy atom. The van der Waals surface area contributed by atoms with Gasteiger partial charge in [-0.25, -0.2) is 0 Å². The summed E-state index contributed by atoms with van der Waals surface area (Å²) in [4.78, 5) is 4.93. The molecule has 2 aliphatic rings. The molecule has 0 aromatic heterocycles. The molecule has 0 aliphatic carbocycles. The average molecular weight is 221 g/mol. The van der Waals surface area contributed by atoms with Crippen molar-refractivity contribution in [3.63, 3.8) is 0 Å². The van der Waals surface area contributed by atoms with E-state index in [0.717, 1.165) is 31.5 Å². The highest BCUT2D eigenvalue weighted by molar-refractivity contribution is 4.97. The molecule has 0 aromatic carbocycles. The van der Waals surface area contributed by atoms with Gasteiger partial charge in [0, 0.05) is 19.1 Å². The standard InChI is InChI=1S/C13H23N3/c1-3-12(9-14)16-8-6-13-11(10-16)5-4-7-15(13)2/h11-13H,3-8,10H2,1-2H3. The summed E-state index contributed by atoms with van der Waals surface area (Å²) >= 11 is 0. The summed E-state index contributed by atoms with van der Waals surface area (Å²) in [6.07, 6.45) is 4.89. The van der Waals surface area contributed by atoms with Crippen LogP contribution in [0.2, 0.25) is 0 Å². The van der Waals surface area contributed by atoms with Gasteiger partial charge in [0.1, 0.15) is 0 Å². The Labute approximate surface area is 99.0 Å². The fourth-order valence-corrected chi connectivity index (χ4v) is 3.39. The van der Waals surface area contributed by atoms with E-state index in [2.05, 4.69) is 29.8 Å². The number of piperidine rings is 2. The van der Waals surface area contributed by atoms with Crippen LogP contribution in [-0.2, 0) is 0 Å². The second kappa shape index (κ2) is 5.16. The van der Waals surface area contributed by atoms with Crippen LogP contribution >= 0.6 is 0 Å². The van der Waals surface area contributed by atoms with Crippen molar-refractivity contribution in [2.24, 2.45) is 5.92 Å². The number of nitrogens with zero attached hydrogens (tertiary/aromatic N) is 3. The third kappa shape index (κ3) is 2.23. The van der Waals surface area contributed by atoms with Crippen molar-refractivity contribution in [1.29, 1.82) is 5.26 Å². The Balaban J connectivity index is 1.97. The van der Waals surface area contributed by atoms with E-state index < -0.39 is 0 Å². The van der Waals surface area contributed by atoms with E-state index in [4.69, 9.17) is 5.26 Å². The zero-order chi connectivity index (χ0) is 11.5. The Morgan fingerprint density at radius 2 is 2.19 bits per heavy atom. The first kappa shape index (κ1) is 11.9. The van der Waals surface area contributed by atoms with Crippen LogP contribution in [0.1, 0.15) is 32.6 Å². The van der Waals surface area contributed by atoms with E-state index >= 15 is 0 Å². The van der Waals surface area contributed by atoms with Gasteiger partial charge in [-0.2, -0.15) is 5.26 Å². The molecule has 3 atom stereocenters. The Hall–Kier alpha value is -0.590. The fraction of sp³-hybridized carbons (Fsp3) is 0.923. The van der Waals surface area contributed by atoms with E-state index in [0.29, 0.717) is 0 Å². The molecule has 3 unspecified atom stereocenters. The van der Waals surface area contributed by atoms with Crippen LogP contribution in [-0.4, -0.2) is 48.6 Å². The highest BCUT2D eigenvalue weighted by atomic mass is 15.2. The zero-order valence-corrected chi connectivity index (χ0v) is 10.5. The minimum atomic E-state index is 0.146. The smallest absolute Gasteiger partial charge is 0.0975 e. The summed E-state index contributed by atoms with van der Waals surface area (Å²) in [7, 11) is 2.26. The van der Waals surface area contributed by atoms with Crippen LogP contribution in [0.4, 0.5) is 0 Å². The van der Waals surface area contributed by atoms with Crippen molar-refractivity contribution in [3.05, 3.63) is 0 Å². The van der Waals surface area contributed by atoms with Gasteiger partial charge in [-0.05, 0) is 45.2 Å². The number of fused-ring (bicyclic) bond motifs is 1. The normalized spacial score (nSPS) is 34.1. The molecule has 2 aliphatic heterocycles. The van der Waals surface area contributed by atoms with Gasteiger partial charge in [-0.1, -0.05) is 6.92 Å². The van der Waals surface area contributed by atoms with Crippen molar-refractivity contribution < 1.29 is 0 Å². The maximum Gasteiger partial charge on any atom is 0.0975 e. The Kier molecular flexibility index (Phi) is 3.83. The second-order valence-electron chi connectivity index (χ2n) is 5.29. The lowest BCUT2D eigenvalue weighted by molar-refractivity contribution is 0.0287. The average Bonchev–Trinajstić information content (AvgIpc) is 2.31. The lowest BCUT2D eigenvalue weighted by Gasteiger charge is -2.46. The van der Waals surface area contributed by atoms with Crippen LogP contribution in [0.15, 0.2) is 0 Å². The first-order valence-corrected chi connectivity index (χ1v) is 6.60. The molecule has 0 N–H and O–H groups in total. The largest absolute Gasteiger partial charge is 0.303 e. The molecule has 2 rings (SSSR count). The Morgan fingerprint density at radius 3 is 2.88 bits per heavy atom. The second-order valence-corrected chi connectivity index (χ2v) is 5.29. The van der Waals surface area contributed by atoms with Crippen molar-refractivity contribution in [2.45, 2.75) is 44.7 Å². The molecular formula is C13H23N3. The molecule has 90 valence electrons. The van der Waals surface area contributed by atoms with E-state index in [1.165, 1.54) is 25.8 Å². The molecule has 0 spiro atoms. The van der Waals surface area contributed by atoms with Gasteiger partial charge in [0.2, 0.25) is 0 Å². The third-order valence-corrected chi connectivity index (χ3v) is 4.35. The molecule has 2 heterocycles. The summed E-state index contributed by atoms with van der Waals surface area (Å²) in [5.74, 6) is 0.801. The molecule has 16 heavy (non-hydrogen) atoms. The molecule has 3 heteroatoms. The molecule has 0 saturated carbocycles. The number of nitriles is 1. The quantitative estimate of drug-likeness (QED) is 0.711. The van der Waals surface area contributed by atoms with Gasteiger partial charge in [0.05, 0.1) is 12.1 Å². The number of rotatable bonds is 2. The van der Waals surface area contributed by atoms with Crippen LogP contribution < -0.4 is 0 Å². The lowest BCUT2D eigenvalue weighted by Crippen LogP contribution is -2.54. The maximum atomic E-state index is 9.12. The molecule has 2 saturated heterocycles. The van der Waals surface area contributed by atoms with E-state index in [1.807, 2.05) is 0 Å². The number of likely N-dealkylation sites (tertiary alicyclic amines) is 2. The molecule has 2 fully saturated rings. The fourth-order valence-electron chi connectivity index (χ4n) is 3.39. The maximum absolute atomic E-state index is 9.12. The predicted molar refractivity (Wildman–Crippen MR) is 65.0 cm³/mol. The highest BCUT2D eigenvalue weighted by Crippen LogP contribution is 2.30. The molecule has 0 aromatic rings. The van der Waals surface area contributed by atoms with E-state index in [9.17, 15) is 0 Å². The van der Waals surface area contributed by atoms with Gasteiger partial charge < -0.3 is 4.90 Å². The molecular weight excluding hydrogens is 198 g/mol. The molecule has 0 amide bonds. The van der Waals surface area contributed by atoms with Crippen LogP contribution in [0.5, 0.6) is 0 Å². The van der Waals surface area contributed by atoms with Crippen LogP contribution in [0.3, 0.4) is 0 Å². The highest BCUT2D eigenvalue weighted by Gasteiger charge is 2.35. The summed E-state index contributed by atoms with van der Waals surface area (Å²) in [5, 5.41) is 9.12. The summed E-state index contributed by atoms with van der Waals surface area (Å²) in [6.45, 7) is 5.63. The monoisotopic (exact) mass is 221 g/mol. The summed E-state index contributed by atoms with van der Waals surface area (Å²) in [6, 6.07) is 3.37. The number of hydrogen-bond acceptors (Lipinski definition) is 3. The van der Waals surface area contributed by atoms with E-state index in [-0.39, 0.29) is 6.04 Å². The van der Waals surface area contributed by atoms with Gasteiger partial charge >= 0.3 is 0 Å². The topological polar surface area (TPSA) is 30.3 Å². The zero-order valence-electron chi connectivity index (χ0n) is 10.5. The first-order chi connectivity index (χ1) is 7.76. The molecule has 0 bridgehead atoms. The first-order valence-electron chi connectivity index (χ1n) is 6.60. The van der Waals surface area contributed by atoms with Crippen LogP contribution in [0.25, 0.3) is 0 Å². The Bertz CT molecular complexity index is 271. The minimum absolute atomic E-state index is 0.146. The van der Waals surface area contributed by atoms with Crippen LogP contribution in [0, 0.1) is 17.2 Å². The summed E-state index contributed by atoms with van der Waals surface area (Å²) < 4.78 is 0. The lowest BCUT2D eigenvalue weighted by atomic mass is 9.83. The molecule has 0 radical (unpaired) electrons. The molecule has 3 nitrogen and oxygen atoms in total. The van der Waals surface area contributed by atoms with Crippen molar-refractivity contribution in [3.8, 4) is 6.07 Å². The van der Waals surface area contributed by atoms with Gasteiger partial charge in [-0.3, -0.25) is 4.90 Å². The number of hydrogen-bond donors (Lipinski definition) is 0. The van der Waals surface area contributed by atoms with Gasteiger partial charge in [0.25, 0.3) is 0 Å². The summed E-state index contributed by atoms with van der Waals surface area (Å²) in [5.41, 5.74) is 0. The van der Waals surface area contributed by atoms with Crippen molar-refractivity contribution >= 4 is 0 Å². The van der Waals surface area contributed by atoms with Gasteiger partial charge in [-0.15, -0.1) is 0 Å².